The molecule has 0 radical (unpaired) electrons. The normalized spacial score (nSPS) is 27.2. The molecule has 39 heavy (non-hydrogen) atoms. The molecule has 2 heterocycles. The second-order valence-electron chi connectivity index (χ2n) is 8.81. The molecule has 0 bridgehead atoms. The molecular weight excluding hydrogens is 625 g/mol. The van der Waals surface area contributed by atoms with Crippen LogP contribution in [-0.2, 0) is 36.3 Å². The number of amides is 2. The number of ether oxygens (including phenoxy) is 2. The van der Waals surface area contributed by atoms with Gasteiger partial charge in [-0.1, -0.05) is 54.2 Å². The van der Waals surface area contributed by atoms with Gasteiger partial charge < -0.3 is 45.8 Å². The summed E-state index contributed by atoms with van der Waals surface area (Å²) in [5.74, 6) is 5.54. The maximum atomic E-state index is 12.6. The largest absolute Gasteiger partial charge is 0.490 e. The average molecular weight is 657 g/mol. The Kier molecular flexibility index (Phi) is 12.6. The van der Waals surface area contributed by atoms with Crippen molar-refractivity contribution in [1.29, 1.82) is 0 Å². The number of carbonyl (C=O) groups excluding carboxylic acids is 1. The van der Waals surface area contributed by atoms with E-state index in [4.69, 9.17) is 35.3 Å². The quantitative estimate of drug-likeness (QED) is 0.0510. The van der Waals surface area contributed by atoms with Crippen LogP contribution in [0.15, 0.2) is 11.8 Å². The van der Waals surface area contributed by atoms with Crippen LogP contribution in [0.5, 0.6) is 0 Å². The zero-order valence-corrected chi connectivity index (χ0v) is 25.3. The SMILES string of the molecule is CC(C)(C)SSCOC1C[C@H](N2C=C(C#CCN)C(N)NC2=O)O[C@@H]1COP(=O)(O)OP(=O)(O)OP(=O)(O)O. The summed E-state index contributed by atoms with van der Waals surface area (Å²) in [5, 5.41) is 2.52. The van der Waals surface area contributed by atoms with E-state index in [0.29, 0.717) is 5.57 Å². The van der Waals surface area contributed by atoms with Gasteiger partial charge in [0.15, 0.2) is 0 Å². The smallest absolute Gasteiger partial charge is 0.364 e. The highest BCUT2D eigenvalue weighted by Crippen LogP contribution is 2.66. The summed E-state index contributed by atoms with van der Waals surface area (Å²) in [6, 6.07) is -0.615. The van der Waals surface area contributed by atoms with E-state index in [1.807, 2.05) is 20.8 Å². The van der Waals surface area contributed by atoms with Crippen LogP contribution < -0.4 is 16.8 Å². The first-order valence-corrected chi connectivity index (χ1v) is 17.8. The summed E-state index contributed by atoms with van der Waals surface area (Å²) in [7, 11) is -13.7. The van der Waals surface area contributed by atoms with Crippen LogP contribution in [0.3, 0.4) is 0 Å². The molecule has 0 aromatic carbocycles. The van der Waals surface area contributed by atoms with E-state index in [1.165, 1.54) is 32.7 Å². The number of nitrogens with one attached hydrogen (secondary N) is 1. The number of hydrogen-bond donors (Lipinski definition) is 7. The van der Waals surface area contributed by atoms with Crippen molar-refractivity contribution in [2.24, 2.45) is 11.5 Å². The monoisotopic (exact) mass is 656 g/mol. The van der Waals surface area contributed by atoms with Crippen LogP contribution in [0, 0.1) is 11.8 Å². The minimum absolute atomic E-state index is 0.0563. The van der Waals surface area contributed by atoms with E-state index in [9.17, 15) is 28.3 Å². The second kappa shape index (κ2) is 14.1. The maximum Gasteiger partial charge on any atom is 0.490 e. The van der Waals surface area contributed by atoms with Gasteiger partial charge in [-0.25, -0.2) is 18.5 Å². The summed E-state index contributed by atoms with van der Waals surface area (Å²) in [5.41, 5.74) is 11.6. The fourth-order valence-corrected chi connectivity index (χ4v) is 8.07. The number of urea groups is 1. The van der Waals surface area contributed by atoms with E-state index in [2.05, 4.69) is 25.8 Å². The van der Waals surface area contributed by atoms with Gasteiger partial charge in [0.1, 0.15) is 24.4 Å². The molecule has 17 nitrogen and oxygen atoms in total. The van der Waals surface area contributed by atoms with Gasteiger partial charge in [-0.3, -0.25) is 9.42 Å². The Morgan fingerprint density at radius 1 is 1.21 bits per heavy atom. The molecule has 6 atom stereocenters. The molecular formula is C17H31N4O13P3S2. The average Bonchev–Trinajstić information content (AvgIpc) is 3.14. The first-order valence-electron chi connectivity index (χ1n) is 10.9. The summed E-state index contributed by atoms with van der Waals surface area (Å²) >= 11 is 0. The summed E-state index contributed by atoms with van der Waals surface area (Å²) in [4.78, 5) is 50.2. The first-order chi connectivity index (χ1) is 17.8. The number of nitrogens with zero attached hydrogens (tertiary/aromatic N) is 1. The Morgan fingerprint density at radius 2 is 1.87 bits per heavy atom. The summed E-state index contributed by atoms with van der Waals surface area (Å²) in [6.07, 6.45) is -2.30. The minimum Gasteiger partial charge on any atom is -0.364 e. The van der Waals surface area contributed by atoms with Gasteiger partial charge in [0, 0.05) is 17.4 Å². The summed E-state index contributed by atoms with van der Waals surface area (Å²) < 4.78 is 58.4. The van der Waals surface area contributed by atoms with E-state index >= 15 is 0 Å². The number of phosphoric ester groups is 1. The Labute approximate surface area is 232 Å². The third kappa shape index (κ3) is 12.5. The van der Waals surface area contributed by atoms with Gasteiger partial charge in [0.25, 0.3) is 0 Å². The van der Waals surface area contributed by atoms with Gasteiger partial charge in [-0.15, -0.1) is 0 Å². The van der Waals surface area contributed by atoms with Gasteiger partial charge >= 0.3 is 29.5 Å². The van der Waals surface area contributed by atoms with Crippen LogP contribution in [0.4, 0.5) is 4.79 Å². The number of carbonyl (C=O) groups is 1. The fraction of sp³-hybridized carbons (Fsp3) is 0.706. The lowest BCUT2D eigenvalue weighted by atomic mass is 10.1. The molecule has 9 N–H and O–H groups in total. The van der Waals surface area contributed by atoms with Crippen molar-refractivity contribution in [3.8, 4) is 11.8 Å². The third-order valence-corrected chi connectivity index (χ3v) is 11.2. The van der Waals surface area contributed by atoms with Crippen LogP contribution in [0.1, 0.15) is 27.2 Å². The van der Waals surface area contributed by atoms with Gasteiger partial charge in [0.2, 0.25) is 0 Å². The van der Waals surface area contributed by atoms with Crippen molar-refractivity contribution in [1.82, 2.24) is 10.2 Å². The Hall–Kier alpha value is -0.480. The molecule has 4 unspecified atom stereocenters. The Balaban J connectivity index is 2.16. The Morgan fingerprint density at radius 3 is 2.46 bits per heavy atom. The van der Waals surface area contributed by atoms with Gasteiger partial charge in [-0.2, -0.15) is 8.62 Å². The lowest BCUT2D eigenvalue weighted by molar-refractivity contribution is -0.0609. The van der Waals surface area contributed by atoms with Crippen LogP contribution in [-0.4, -0.2) is 78.9 Å². The van der Waals surface area contributed by atoms with Crippen molar-refractivity contribution < 1.29 is 60.7 Å². The predicted molar refractivity (Wildman–Crippen MR) is 141 cm³/mol. The van der Waals surface area contributed by atoms with Gasteiger partial charge in [0.05, 0.1) is 24.8 Å². The fourth-order valence-electron chi connectivity index (χ4n) is 3.03. The van der Waals surface area contributed by atoms with Crippen molar-refractivity contribution in [2.75, 3.05) is 19.1 Å². The molecule has 2 aliphatic rings. The number of phosphoric acid groups is 3. The van der Waals surface area contributed by atoms with E-state index in [-0.39, 0.29) is 23.7 Å². The predicted octanol–water partition coefficient (Wildman–Crippen LogP) is 1.12. The molecule has 0 aromatic rings. The standard InChI is InChI=1S/C17H31N4O13P3S2/c1-17(2,3)39-38-10-30-12-7-14(21-8-11(5-4-6-18)15(19)20-16(21)22)32-13(12)9-31-36(26,27)34-37(28,29)33-35(23,24)25/h8,12-15H,6-7,9-10,18-19H2,1-3H3,(H,20,22)(H,26,27)(H,28,29)(H2,23,24,25)/t12?,13-,14-,15?/m1/s1. The van der Waals surface area contributed by atoms with Crippen molar-refractivity contribution in [3.63, 3.8) is 0 Å². The first kappa shape index (κ1) is 34.7. The molecule has 2 aliphatic heterocycles. The molecule has 2 rings (SSSR count). The maximum absolute atomic E-state index is 12.6. The molecule has 0 aromatic heterocycles. The lowest BCUT2D eigenvalue weighted by Crippen LogP contribution is -2.54. The zero-order valence-electron chi connectivity index (χ0n) is 20.9. The van der Waals surface area contributed by atoms with Crippen LogP contribution in [0.25, 0.3) is 0 Å². The van der Waals surface area contributed by atoms with Crippen LogP contribution >= 0.6 is 45.1 Å². The molecule has 0 spiro atoms. The van der Waals surface area contributed by atoms with Crippen molar-refractivity contribution in [2.45, 2.75) is 56.5 Å². The molecule has 1 saturated heterocycles. The van der Waals surface area contributed by atoms with Gasteiger partial charge in [-0.05, 0) is 0 Å². The highest BCUT2D eigenvalue weighted by molar-refractivity contribution is 8.77. The highest BCUT2D eigenvalue weighted by Gasteiger charge is 2.45. The van der Waals surface area contributed by atoms with Crippen LogP contribution in [0.2, 0.25) is 0 Å². The van der Waals surface area contributed by atoms with E-state index < -0.39 is 60.7 Å². The van der Waals surface area contributed by atoms with E-state index in [0.717, 1.165) is 0 Å². The number of nitrogens with two attached hydrogens (primary N) is 2. The zero-order chi connectivity index (χ0) is 29.6. The highest BCUT2D eigenvalue weighted by atomic mass is 33.1. The molecule has 2 amide bonds. The molecule has 0 saturated carbocycles. The summed E-state index contributed by atoms with van der Waals surface area (Å²) in [6.45, 7) is 5.31. The topological polar surface area (TPSA) is 263 Å². The molecule has 1 fully saturated rings. The number of rotatable bonds is 12. The van der Waals surface area contributed by atoms with E-state index in [1.54, 1.807) is 0 Å². The molecule has 224 valence electrons. The van der Waals surface area contributed by atoms with Crippen molar-refractivity contribution >= 4 is 51.1 Å². The Bertz CT molecular complexity index is 1120. The molecule has 22 heteroatoms. The second-order valence-corrected chi connectivity index (χ2v) is 16.3. The van der Waals surface area contributed by atoms with Crippen molar-refractivity contribution in [3.05, 3.63) is 11.8 Å². The molecule has 0 aliphatic carbocycles. The minimum atomic E-state index is -5.70. The lowest BCUT2D eigenvalue weighted by Gasteiger charge is -2.32. The third-order valence-electron chi connectivity index (χ3n) is 4.41. The number of hydrogen-bond acceptors (Lipinski definition) is 13.